The van der Waals surface area contributed by atoms with Crippen molar-refractivity contribution in [2.75, 3.05) is 6.61 Å². The van der Waals surface area contributed by atoms with E-state index >= 15 is 0 Å². The Balaban J connectivity index is 2.07. The SMILES string of the molecule is C[C@H]1C=C2C(=O)OCC2=C[C@]2(O)CC(C)(C)C[C@H]12. The van der Waals surface area contributed by atoms with Gasteiger partial charge >= 0.3 is 5.97 Å². The van der Waals surface area contributed by atoms with Gasteiger partial charge in [-0.1, -0.05) is 26.8 Å². The predicted octanol–water partition coefficient (Wildman–Crippen LogP) is 2.21. The lowest BCUT2D eigenvalue weighted by Crippen LogP contribution is -2.34. The van der Waals surface area contributed by atoms with E-state index in [1.165, 1.54) is 0 Å². The molecule has 0 unspecified atom stereocenters. The van der Waals surface area contributed by atoms with E-state index in [-0.39, 0.29) is 23.2 Å². The fraction of sp³-hybridized carbons (Fsp3) is 0.667. The van der Waals surface area contributed by atoms with Crippen LogP contribution in [-0.2, 0) is 9.53 Å². The van der Waals surface area contributed by atoms with Gasteiger partial charge in [0.25, 0.3) is 0 Å². The minimum Gasteiger partial charge on any atom is -0.457 e. The first-order chi connectivity index (χ1) is 8.31. The third-order valence-electron chi connectivity index (χ3n) is 4.59. The van der Waals surface area contributed by atoms with Crippen molar-refractivity contribution in [1.29, 1.82) is 0 Å². The van der Waals surface area contributed by atoms with E-state index in [0.717, 1.165) is 18.4 Å². The van der Waals surface area contributed by atoms with E-state index in [1.54, 1.807) is 0 Å². The molecule has 0 bridgehead atoms. The van der Waals surface area contributed by atoms with Crippen molar-refractivity contribution >= 4 is 5.97 Å². The minimum atomic E-state index is -0.787. The van der Waals surface area contributed by atoms with Gasteiger partial charge in [-0.2, -0.15) is 0 Å². The molecule has 98 valence electrons. The maximum absolute atomic E-state index is 11.6. The summed E-state index contributed by atoms with van der Waals surface area (Å²) in [5, 5.41) is 11.0. The summed E-state index contributed by atoms with van der Waals surface area (Å²) in [6, 6.07) is 0. The first-order valence-electron chi connectivity index (χ1n) is 6.64. The van der Waals surface area contributed by atoms with Gasteiger partial charge in [-0.25, -0.2) is 4.79 Å². The van der Waals surface area contributed by atoms with Crippen LogP contribution >= 0.6 is 0 Å². The van der Waals surface area contributed by atoms with E-state index in [2.05, 4.69) is 20.8 Å². The molecule has 3 atom stereocenters. The Labute approximate surface area is 108 Å². The summed E-state index contributed by atoms with van der Waals surface area (Å²) in [4.78, 5) is 11.6. The molecule has 2 fully saturated rings. The van der Waals surface area contributed by atoms with Crippen LogP contribution in [0.2, 0.25) is 0 Å². The smallest absolute Gasteiger partial charge is 0.338 e. The summed E-state index contributed by atoms with van der Waals surface area (Å²) in [5.41, 5.74) is 0.905. The highest BCUT2D eigenvalue weighted by molar-refractivity contribution is 5.96. The first kappa shape index (κ1) is 12.0. The Hall–Kier alpha value is -1.09. The monoisotopic (exact) mass is 248 g/mol. The fourth-order valence-electron chi connectivity index (χ4n) is 3.95. The lowest BCUT2D eigenvalue weighted by molar-refractivity contribution is -0.135. The molecule has 1 saturated heterocycles. The molecule has 0 aromatic heterocycles. The van der Waals surface area contributed by atoms with Gasteiger partial charge in [0, 0.05) is 5.57 Å². The van der Waals surface area contributed by atoms with Gasteiger partial charge in [0.15, 0.2) is 0 Å². The van der Waals surface area contributed by atoms with Gasteiger partial charge in [0.05, 0.1) is 11.2 Å². The molecule has 0 amide bonds. The number of allylic oxidation sites excluding steroid dienone is 1. The number of esters is 1. The van der Waals surface area contributed by atoms with Gasteiger partial charge in [0.1, 0.15) is 6.61 Å². The lowest BCUT2D eigenvalue weighted by atomic mass is 9.82. The van der Waals surface area contributed by atoms with Crippen LogP contribution in [-0.4, -0.2) is 23.3 Å². The summed E-state index contributed by atoms with van der Waals surface area (Å²) >= 11 is 0. The Bertz CT molecular complexity index is 472. The second kappa shape index (κ2) is 3.47. The van der Waals surface area contributed by atoms with Crippen LogP contribution in [0.3, 0.4) is 0 Å². The normalized spacial score (nSPS) is 41.4. The van der Waals surface area contributed by atoms with Gasteiger partial charge in [0.2, 0.25) is 0 Å². The zero-order chi connectivity index (χ0) is 13.1. The number of cyclic esters (lactones) is 1. The highest BCUT2D eigenvalue weighted by Crippen LogP contribution is 2.53. The molecule has 1 heterocycles. The summed E-state index contributed by atoms with van der Waals surface area (Å²) in [6.07, 6.45) is 5.64. The third kappa shape index (κ3) is 1.64. The summed E-state index contributed by atoms with van der Waals surface area (Å²) in [5.74, 6) is 0.160. The molecule has 3 heteroatoms. The Morgan fingerprint density at radius 3 is 2.89 bits per heavy atom. The second-order valence-corrected chi connectivity index (χ2v) is 6.83. The molecule has 1 saturated carbocycles. The number of hydrogen-bond acceptors (Lipinski definition) is 3. The molecule has 0 aromatic carbocycles. The summed E-state index contributed by atoms with van der Waals surface area (Å²) < 4.78 is 5.06. The van der Waals surface area contributed by atoms with E-state index < -0.39 is 5.60 Å². The van der Waals surface area contributed by atoms with E-state index in [1.807, 2.05) is 12.2 Å². The number of rotatable bonds is 0. The van der Waals surface area contributed by atoms with Crippen molar-refractivity contribution < 1.29 is 14.6 Å². The fourth-order valence-corrected chi connectivity index (χ4v) is 3.95. The molecule has 1 N–H and O–H groups in total. The molecular formula is C15H20O3. The number of aliphatic hydroxyl groups is 1. The molecule has 2 aliphatic carbocycles. The lowest BCUT2D eigenvalue weighted by Gasteiger charge is -2.29. The number of carbonyl (C=O) groups is 1. The zero-order valence-corrected chi connectivity index (χ0v) is 11.2. The van der Waals surface area contributed by atoms with Crippen molar-refractivity contribution in [3.63, 3.8) is 0 Å². The molecule has 3 nitrogen and oxygen atoms in total. The highest BCUT2D eigenvalue weighted by atomic mass is 16.5. The largest absolute Gasteiger partial charge is 0.457 e. The molecule has 3 rings (SSSR count). The minimum absolute atomic E-state index is 0.152. The summed E-state index contributed by atoms with van der Waals surface area (Å²) in [6.45, 7) is 6.80. The Morgan fingerprint density at radius 1 is 1.44 bits per heavy atom. The van der Waals surface area contributed by atoms with Crippen LogP contribution in [0.4, 0.5) is 0 Å². The zero-order valence-electron chi connectivity index (χ0n) is 11.2. The Kier molecular flexibility index (Phi) is 2.31. The van der Waals surface area contributed by atoms with E-state index in [4.69, 9.17) is 4.74 Å². The molecule has 0 aromatic rings. The average molecular weight is 248 g/mol. The molecule has 18 heavy (non-hydrogen) atoms. The number of hydrogen-bond donors (Lipinski definition) is 1. The predicted molar refractivity (Wildman–Crippen MR) is 67.7 cm³/mol. The molecule has 3 aliphatic rings. The van der Waals surface area contributed by atoms with E-state index in [9.17, 15) is 9.90 Å². The van der Waals surface area contributed by atoms with Crippen LogP contribution in [0.1, 0.15) is 33.6 Å². The van der Waals surface area contributed by atoms with Gasteiger partial charge in [-0.05, 0) is 36.2 Å². The Morgan fingerprint density at radius 2 is 2.17 bits per heavy atom. The molecule has 0 radical (unpaired) electrons. The standard InChI is InChI=1S/C15H20O3/c1-9-4-11-10(7-18-13(11)16)5-15(17)8-14(2,3)6-12(9)15/h4-5,9,12,17H,6-8H2,1-3H3/t9-,12+,15-/m0/s1. The van der Waals surface area contributed by atoms with Crippen LogP contribution in [0.15, 0.2) is 23.3 Å². The van der Waals surface area contributed by atoms with Crippen molar-refractivity contribution in [3.05, 3.63) is 23.3 Å². The molecular weight excluding hydrogens is 228 g/mol. The highest BCUT2D eigenvalue weighted by Gasteiger charge is 2.52. The van der Waals surface area contributed by atoms with Gasteiger partial charge in [-0.15, -0.1) is 0 Å². The average Bonchev–Trinajstić information content (AvgIpc) is 2.65. The quantitative estimate of drug-likeness (QED) is 0.669. The van der Waals surface area contributed by atoms with E-state index in [0.29, 0.717) is 12.2 Å². The number of carbonyl (C=O) groups excluding carboxylic acids is 1. The maximum Gasteiger partial charge on any atom is 0.338 e. The first-order valence-corrected chi connectivity index (χ1v) is 6.64. The van der Waals surface area contributed by atoms with Crippen molar-refractivity contribution in [3.8, 4) is 0 Å². The van der Waals surface area contributed by atoms with Gasteiger partial charge < -0.3 is 9.84 Å². The number of fused-ring (bicyclic) bond motifs is 2. The van der Waals surface area contributed by atoms with Crippen molar-refractivity contribution in [1.82, 2.24) is 0 Å². The van der Waals surface area contributed by atoms with Crippen LogP contribution < -0.4 is 0 Å². The third-order valence-corrected chi connectivity index (χ3v) is 4.59. The van der Waals surface area contributed by atoms with Crippen molar-refractivity contribution in [2.24, 2.45) is 17.3 Å². The van der Waals surface area contributed by atoms with Crippen LogP contribution in [0.25, 0.3) is 0 Å². The summed E-state index contributed by atoms with van der Waals surface area (Å²) in [7, 11) is 0. The molecule has 1 aliphatic heterocycles. The topological polar surface area (TPSA) is 46.5 Å². The van der Waals surface area contributed by atoms with Crippen LogP contribution in [0.5, 0.6) is 0 Å². The van der Waals surface area contributed by atoms with Crippen molar-refractivity contribution in [2.45, 2.75) is 39.2 Å². The van der Waals surface area contributed by atoms with Crippen LogP contribution in [0, 0.1) is 17.3 Å². The number of ether oxygens (including phenoxy) is 1. The second-order valence-electron chi connectivity index (χ2n) is 6.83. The van der Waals surface area contributed by atoms with Gasteiger partial charge in [-0.3, -0.25) is 0 Å². The molecule has 0 spiro atoms. The maximum atomic E-state index is 11.6.